The summed E-state index contributed by atoms with van der Waals surface area (Å²) in [7, 11) is 0. The van der Waals surface area contributed by atoms with E-state index >= 15 is 0 Å². The second kappa shape index (κ2) is 6.15. The van der Waals surface area contributed by atoms with Gasteiger partial charge in [0.25, 0.3) is 0 Å². The molecule has 27 heavy (non-hydrogen) atoms. The van der Waals surface area contributed by atoms with E-state index in [1.165, 1.54) is 6.92 Å². The SMILES string of the molecule is CCn1cc(-c2cc(C)nc(C3CC3(C)C)n2)c2cc(NC(C)=O)ncc21. The van der Waals surface area contributed by atoms with Crippen molar-refractivity contribution < 1.29 is 4.79 Å². The summed E-state index contributed by atoms with van der Waals surface area (Å²) in [5.41, 5.74) is 4.27. The number of rotatable bonds is 4. The Morgan fingerprint density at radius 2 is 2.07 bits per heavy atom. The summed E-state index contributed by atoms with van der Waals surface area (Å²) >= 11 is 0. The lowest BCUT2D eigenvalue weighted by Gasteiger charge is -2.07. The molecule has 0 spiro atoms. The predicted octanol–water partition coefficient (Wildman–Crippen LogP) is 4.29. The monoisotopic (exact) mass is 363 g/mol. The summed E-state index contributed by atoms with van der Waals surface area (Å²) in [6.45, 7) is 11.0. The number of anilines is 1. The normalized spacial score (nSPS) is 17.9. The van der Waals surface area contributed by atoms with Crippen LogP contribution in [0.4, 0.5) is 5.82 Å². The number of aromatic nitrogens is 4. The molecule has 140 valence electrons. The van der Waals surface area contributed by atoms with Crippen LogP contribution < -0.4 is 5.32 Å². The molecule has 1 amide bonds. The molecule has 0 saturated heterocycles. The zero-order valence-corrected chi connectivity index (χ0v) is 16.5. The molecular weight excluding hydrogens is 338 g/mol. The van der Waals surface area contributed by atoms with Gasteiger partial charge in [0.2, 0.25) is 5.91 Å². The van der Waals surface area contributed by atoms with Crippen molar-refractivity contribution in [2.75, 3.05) is 5.32 Å². The average molecular weight is 363 g/mol. The van der Waals surface area contributed by atoms with Gasteiger partial charge in [-0.2, -0.15) is 0 Å². The molecule has 1 N–H and O–H groups in total. The highest BCUT2D eigenvalue weighted by molar-refractivity contribution is 5.98. The minimum absolute atomic E-state index is 0.130. The molecule has 3 heterocycles. The highest BCUT2D eigenvalue weighted by Gasteiger charge is 2.48. The maximum absolute atomic E-state index is 11.4. The molecule has 0 aromatic carbocycles. The Kier molecular flexibility index (Phi) is 4.02. The highest BCUT2D eigenvalue weighted by atomic mass is 16.1. The number of pyridine rings is 1. The summed E-state index contributed by atoms with van der Waals surface area (Å²) in [6, 6.07) is 3.96. The topological polar surface area (TPSA) is 72.7 Å². The molecule has 1 aliphatic rings. The first-order valence-corrected chi connectivity index (χ1v) is 9.41. The standard InChI is InChI=1S/C21H25N5O/c1-6-26-11-15(14-8-19(24-13(3)27)22-10-18(14)26)17-7-12(2)23-20(25-17)16-9-21(16,4)5/h7-8,10-11,16H,6,9H2,1-5H3,(H,22,24,27). The number of amides is 1. The Balaban J connectivity index is 1.86. The van der Waals surface area contributed by atoms with E-state index < -0.39 is 0 Å². The van der Waals surface area contributed by atoms with Crippen molar-refractivity contribution >= 4 is 22.6 Å². The molecule has 0 aliphatic heterocycles. The van der Waals surface area contributed by atoms with E-state index in [0.717, 1.165) is 46.6 Å². The van der Waals surface area contributed by atoms with Crippen molar-refractivity contribution in [1.82, 2.24) is 19.5 Å². The number of hydrogen-bond acceptors (Lipinski definition) is 4. The molecule has 1 atom stereocenters. The van der Waals surface area contributed by atoms with Crippen molar-refractivity contribution in [2.45, 2.75) is 53.5 Å². The van der Waals surface area contributed by atoms with Crippen LogP contribution in [0.15, 0.2) is 24.5 Å². The van der Waals surface area contributed by atoms with Gasteiger partial charge < -0.3 is 9.88 Å². The van der Waals surface area contributed by atoms with Gasteiger partial charge in [0, 0.05) is 42.2 Å². The summed E-state index contributed by atoms with van der Waals surface area (Å²) in [5, 5.41) is 3.81. The maximum atomic E-state index is 11.4. The summed E-state index contributed by atoms with van der Waals surface area (Å²) in [4.78, 5) is 25.4. The third-order valence-corrected chi connectivity index (χ3v) is 5.38. The fraction of sp³-hybridized carbons (Fsp3) is 0.429. The molecule has 4 rings (SSSR count). The van der Waals surface area contributed by atoms with Gasteiger partial charge in [0.05, 0.1) is 17.4 Å². The van der Waals surface area contributed by atoms with Crippen LogP contribution in [0.1, 0.15) is 51.6 Å². The first kappa shape index (κ1) is 17.6. The van der Waals surface area contributed by atoms with Crippen LogP contribution in [0.2, 0.25) is 0 Å². The van der Waals surface area contributed by atoms with Gasteiger partial charge in [-0.05, 0) is 37.8 Å². The molecule has 6 heteroatoms. The quantitative estimate of drug-likeness (QED) is 0.750. The second-order valence-electron chi connectivity index (χ2n) is 8.09. The lowest BCUT2D eigenvalue weighted by atomic mass is 10.1. The van der Waals surface area contributed by atoms with Crippen molar-refractivity contribution in [3.63, 3.8) is 0 Å². The molecule has 3 aromatic heterocycles. The molecular formula is C21H25N5O. The van der Waals surface area contributed by atoms with Crippen LogP contribution in [0.3, 0.4) is 0 Å². The van der Waals surface area contributed by atoms with Crippen molar-refractivity contribution in [2.24, 2.45) is 5.41 Å². The van der Waals surface area contributed by atoms with Crippen LogP contribution >= 0.6 is 0 Å². The van der Waals surface area contributed by atoms with Gasteiger partial charge in [-0.25, -0.2) is 15.0 Å². The summed E-state index contributed by atoms with van der Waals surface area (Å²) < 4.78 is 2.16. The van der Waals surface area contributed by atoms with Gasteiger partial charge in [-0.15, -0.1) is 0 Å². The van der Waals surface area contributed by atoms with E-state index in [1.54, 1.807) is 0 Å². The van der Waals surface area contributed by atoms with Crippen molar-refractivity contribution in [3.8, 4) is 11.3 Å². The first-order valence-electron chi connectivity index (χ1n) is 9.41. The van der Waals surface area contributed by atoms with E-state index in [4.69, 9.17) is 9.97 Å². The highest BCUT2D eigenvalue weighted by Crippen LogP contribution is 2.57. The fourth-order valence-electron chi connectivity index (χ4n) is 3.70. The van der Waals surface area contributed by atoms with Gasteiger partial charge in [0.15, 0.2) is 0 Å². The van der Waals surface area contributed by atoms with Gasteiger partial charge in [0.1, 0.15) is 11.6 Å². The minimum Gasteiger partial charge on any atom is -0.346 e. The van der Waals surface area contributed by atoms with Gasteiger partial charge in [-0.3, -0.25) is 4.79 Å². The fourth-order valence-corrected chi connectivity index (χ4v) is 3.70. The Morgan fingerprint density at radius 1 is 1.33 bits per heavy atom. The number of carbonyl (C=O) groups excluding carboxylic acids is 1. The largest absolute Gasteiger partial charge is 0.346 e. The molecule has 1 saturated carbocycles. The van der Waals surface area contributed by atoms with Crippen LogP contribution in [0, 0.1) is 12.3 Å². The van der Waals surface area contributed by atoms with E-state index in [9.17, 15) is 4.79 Å². The lowest BCUT2D eigenvalue weighted by molar-refractivity contribution is -0.114. The number of carbonyl (C=O) groups is 1. The van der Waals surface area contributed by atoms with E-state index in [-0.39, 0.29) is 11.3 Å². The molecule has 6 nitrogen and oxygen atoms in total. The first-order chi connectivity index (χ1) is 12.8. The average Bonchev–Trinajstić information content (AvgIpc) is 3.09. The molecule has 1 aliphatic carbocycles. The Bertz CT molecular complexity index is 1050. The van der Waals surface area contributed by atoms with E-state index in [1.807, 2.05) is 25.3 Å². The second-order valence-corrected chi connectivity index (χ2v) is 8.09. The smallest absolute Gasteiger partial charge is 0.222 e. The lowest BCUT2D eigenvalue weighted by Crippen LogP contribution is -2.07. The minimum atomic E-state index is -0.130. The zero-order valence-electron chi connectivity index (χ0n) is 16.5. The zero-order chi connectivity index (χ0) is 19.3. The third kappa shape index (κ3) is 3.20. The summed E-state index contributed by atoms with van der Waals surface area (Å²) in [5.74, 6) is 1.78. The summed E-state index contributed by atoms with van der Waals surface area (Å²) in [6.07, 6.45) is 5.06. The number of aryl methyl sites for hydroxylation is 2. The Morgan fingerprint density at radius 3 is 2.70 bits per heavy atom. The molecule has 1 fully saturated rings. The van der Waals surface area contributed by atoms with E-state index in [2.05, 4.69) is 41.8 Å². The number of nitrogens with one attached hydrogen (secondary N) is 1. The van der Waals surface area contributed by atoms with Crippen LogP contribution in [-0.4, -0.2) is 25.4 Å². The molecule has 3 aromatic rings. The third-order valence-electron chi connectivity index (χ3n) is 5.38. The number of hydrogen-bond donors (Lipinski definition) is 1. The van der Waals surface area contributed by atoms with Crippen LogP contribution in [0.5, 0.6) is 0 Å². The Hall–Kier alpha value is -2.76. The maximum Gasteiger partial charge on any atom is 0.222 e. The van der Waals surface area contributed by atoms with Crippen LogP contribution in [-0.2, 0) is 11.3 Å². The van der Waals surface area contributed by atoms with Crippen molar-refractivity contribution in [3.05, 3.63) is 36.0 Å². The van der Waals surface area contributed by atoms with Crippen molar-refractivity contribution in [1.29, 1.82) is 0 Å². The van der Waals surface area contributed by atoms with Crippen LogP contribution in [0.25, 0.3) is 22.2 Å². The molecule has 0 radical (unpaired) electrons. The molecule has 0 bridgehead atoms. The van der Waals surface area contributed by atoms with Gasteiger partial charge in [-0.1, -0.05) is 13.8 Å². The number of nitrogens with zero attached hydrogens (tertiary/aromatic N) is 4. The Labute approximate surface area is 159 Å². The van der Waals surface area contributed by atoms with Gasteiger partial charge >= 0.3 is 0 Å². The van der Waals surface area contributed by atoms with E-state index in [0.29, 0.717) is 11.7 Å². The molecule has 1 unspecified atom stereocenters. The number of fused-ring (bicyclic) bond motifs is 1. The predicted molar refractivity (Wildman–Crippen MR) is 107 cm³/mol.